The molecule has 6 rings (SSSR count). The van der Waals surface area contributed by atoms with Crippen molar-refractivity contribution in [2.45, 2.75) is 13.5 Å². The largest absolute Gasteiger partial charge is 0.439 e. The zero-order chi connectivity index (χ0) is 23.1. The van der Waals surface area contributed by atoms with Gasteiger partial charge in [-0.3, -0.25) is 4.98 Å². The summed E-state index contributed by atoms with van der Waals surface area (Å²) in [5, 5.41) is 4.05. The third-order valence-electron chi connectivity index (χ3n) is 6.77. The minimum Gasteiger partial charge on any atom is -0.439 e. The quantitative estimate of drug-likeness (QED) is 0.343. The van der Waals surface area contributed by atoms with Crippen LogP contribution in [0.1, 0.15) is 5.56 Å². The number of benzene rings is 3. The Labute approximate surface area is 200 Å². The monoisotopic (exact) mass is 456 g/mol. The van der Waals surface area contributed by atoms with Gasteiger partial charge in [-0.2, -0.15) is 0 Å². The number of fused-ring (bicyclic) bond motifs is 3. The van der Waals surface area contributed by atoms with E-state index in [2.05, 4.69) is 85.2 Å². The molecular formula is C30H24N2OSi. The van der Waals surface area contributed by atoms with E-state index in [-0.39, 0.29) is 0 Å². The van der Waals surface area contributed by atoms with E-state index in [0.29, 0.717) is 5.88 Å². The fourth-order valence-corrected chi connectivity index (χ4v) is 8.95. The summed E-state index contributed by atoms with van der Waals surface area (Å²) in [5.74, 6) is 1.37. The molecule has 34 heavy (non-hydrogen) atoms. The topological polar surface area (TPSA) is 35.0 Å². The van der Waals surface area contributed by atoms with Crippen molar-refractivity contribution in [2.75, 3.05) is 0 Å². The Morgan fingerprint density at radius 2 is 1.50 bits per heavy atom. The molecule has 3 aromatic carbocycles. The molecule has 0 spiro atoms. The number of ether oxygens (including phenoxy) is 1. The highest BCUT2D eigenvalue weighted by Crippen LogP contribution is 2.32. The minimum atomic E-state index is -2.22. The predicted octanol–water partition coefficient (Wildman–Crippen LogP) is 5.32. The molecule has 5 aromatic rings. The van der Waals surface area contributed by atoms with Crippen LogP contribution in [0.25, 0.3) is 22.3 Å². The van der Waals surface area contributed by atoms with E-state index in [1.54, 1.807) is 6.20 Å². The van der Waals surface area contributed by atoms with Crippen LogP contribution in [0.4, 0.5) is 0 Å². The lowest BCUT2D eigenvalue weighted by Gasteiger charge is -2.25. The van der Waals surface area contributed by atoms with Crippen LogP contribution in [0, 0.1) is 6.92 Å². The van der Waals surface area contributed by atoms with Gasteiger partial charge < -0.3 is 4.74 Å². The van der Waals surface area contributed by atoms with Crippen molar-refractivity contribution >= 4 is 23.8 Å². The molecule has 0 bridgehead atoms. The summed E-state index contributed by atoms with van der Waals surface area (Å²) in [7, 11) is -2.22. The normalized spacial score (nSPS) is 16.1. The van der Waals surface area contributed by atoms with Gasteiger partial charge in [-0.25, -0.2) is 4.98 Å². The van der Waals surface area contributed by atoms with Gasteiger partial charge in [0.1, 0.15) is 5.75 Å². The second kappa shape index (κ2) is 8.08. The summed E-state index contributed by atoms with van der Waals surface area (Å²) >= 11 is 0. The Morgan fingerprint density at radius 1 is 0.676 bits per heavy atom. The molecule has 164 valence electrons. The Hall–Kier alpha value is -4.02. The smallest absolute Gasteiger partial charge is 0.219 e. The summed E-state index contributed by atoms with van der Waals surface area (Å²) < 4.78 is 5.99. The standard InChI is InChI=1S/C30H24N2OSi/c1-21-13-16-30(32-20-21)34(2)27-11-4-3-10-25(27)26-15-14-23(19-28(26)34)22-8-7-9-24(18-22)33-29-12-5-6-17-31-29/h3-20H,1-2H3. The molecule has 0 radical (unpaired) electrons. The zero-order valence-corrected chi connectivity index (χ0v) is 20.2. The van der Waals surface area contributed by atoms with E-state index in [0.717, 1.165) is 11.3 Å². The molecule has 2 aromatic heterocycles. The van der Waals surface area contributed by atoms with Gasteiger partial charge in [-0.15, -0.1) is 0 Å². The van der Waals surface area contributed by atoms with E-state index in [9.17, 15) is 0 Å². The maximum absolute atomic E-state index is 5.99. The minimum absolute atomic E-state index is 0.592. The third-order valence-corrected chi connectivity index (χ3v) is 11.1. The maximum Gasteiger partial charge on any atom is 0.219 e. The number of hydrogen-bond acceptors (Lipinski definition) is 3. The number of nitrogens with zero attached hydrogens (tertiary/aromatic N) is 2. The van der Waals surface area contributed by atoms with Gasteiger partial charge in [-0.05, 0) is 69.4 Å². The number of rotatable bonds is 4. The third kappa shape index (κ3) is 3.35. The van der Waals surface area contributed by atoms with Crippen LogP contribution in [0.5, 0.6) is 11.6 Å². The molecule has 0 saturated carbocycles. The number of aryl methyl sites for hydroxylation is 1. The molecule has 1 aliphatic rings. The van der Waals surface area contributed by atoms with Gasteiger partial charge in [0.05, 0.1) is 0 Å². The molecule has 1 atom stereocenters. The van der Waals surface area contributed by atoms with Crippen molar-refractivity contribution in [3.05, 3.63) is 115 Å². The van der Waals surface area contributed by atoms with Crippen LogP contribution in [-0.2, 0) is 0 Å². The highest BCUT2D eigenvalue weighted by molar-refractivity contribution is 7.13. The van der Waals surface area contributed by atoms with E-state index in [1.807, 2.05) is 36.5 Å². The highest BCUT2D eigenvalue weighted by atomic mass is 28.3. The first kappa shape index (κ1) is 20.6. The van der Waals surface area contributed by atoms with Crippen LogP contribution >= 0.6 is 0 Å². The lowest BCUT2D eigenvalue weighted by Crippen LogP contribution is -2.63. The summed E-state index contributed by atoms with van der Waals surface area (Å²) in [5.41, 5.74) is 6.17. The number of pyridine rings is 2. The molecule has 0 aliphatic carbocycles. The Kier molecular flexibility index (Phi) is 4.89. The van der Waals surface area contributed by atoms with Crippen molar-refractivity contribution in [1.29, 1.82) is 0 Å². The molecule has 3 nitrogen and oxygen atoms in total. The molecule has 0 saturated heterocycles. The maximum atomic E-state index is 5.99. The Balaban J connectivity index is 1.46. The molecule has 0 N–H and O–H groups in total. The summed E-state index contributed by atoms with van der Waals surface area (Å²) in [4.78, 5) is 9.21. The molecule has 4 heteroatoms. The average molecular weight is 457 g/mol. The Morgan fingerprint density at radius 3 is 2.32 bits per heavy atom. The van der Waals surface area contributed by atoms with E-state index >= 15 is 0 Å². The molecular weight excluding hydrogens is 432 g/mol. The van der Waals surface area contributed by atoms with Gasteiger partial charge in [0.15, 0.2) is 8.07 Å². The molecule has 0 amide bonds. The van der Waals surface area contributed by atoms with E-state index < -0.39 is 8.07 Å². The molecule has 3 heterocycles. The molecule has 1 aliphatic heterocycles. The first-order valence-corrected chi connectivity index (χ1v) is 14.0. The van der Waals surface area contributed by atoms with Crippen molar-refractivity contribution < 1.29 is 4.74 Å². The number of hydrogen-bond donors (Lipinski definition) is 0. The zero-order valence-electron chi connectivity index (χ0n) is 19.2. The Bertz CT molecular complexity index is 1500. The van der Waals surface area contributed by atoms with Gasteiger partial charge in [-0.1, -0.05) is 73.3 Å². The van der Waals surface area contributed by atoms with E-state index in [1.165, 1.54) is 37.9 Å². The summed E-state index contributed by atoms with van der Waals surface area (Å²) in [6, 6.07) is 34.0. The first-order valence-electron chi connectivity index (χ1n) is 11.5. The van der Waals surface area contributed by atoms with Gasteiger partial charge >= 0.3 is 0 Å². The fraction of sp³-hybridized carbons (Fsp3) is 0.0667. The van der Waals surface area contributed by atoms with Gasteiger partial charge in [0.25, 0.3) is 0 Å². The second-order valence-corrected chi connectivity index (χ2v) is 12.8. The van der Waals surface area contributed by atoms with Crippen molar-refractivity contribution in [3.63, 3.8) is 0 Å². The lowest BCUT2D eigenvalue weighted by molar-refractivity contribution is 0.463. The van der Waals surface area contributed by atoms with Crippen molar-refractivity contribution in [3.8, 4) is 33.9 Å². The highest BCUT2D eigenvalue weighted by Gasteiger charge is 2.44. The summed E-state index contributed by atoms with van der Waals surface area (Å²) in [6.07, 6.45) is 3.73. The summed E-state index contributed by atoms with van der Waals surface area (Å²) in [6.45, 7) is 4.52. The van der Waals surface area contributed by atoms with Crippen LogP contribution in [0.2, 0.25) is 6.55 Å². The van der Waals surface area contributed by atoms with E-state index in [4.69, 9.17) is 9.72 Å². The van der Waals surface area contributed by atoms with Gasteiger partial charge in [0.2, 0.25) is 5.88 Å². The van der Waals surface area contributed by atoms with Crippen LogP contribution in [0.15, 0.2) is 109 Å². The molecule has 1 unspecified atom stereocenters. The SMILES string of the molecule is Cc1ccc([Si]2(C)c3ccccc3-c3ccc(-c4cccc(Oc5ccccn5)c4)cc32)nc1. The lowest BCUT2D eigenvalue weighted by atomic mass is 10.0. The van der Waals surface area contributed by atoms with Gasteiger partial charge in [0, 0.05) is 23.8 Å². The molecule has 0 fully saturated rings. The van der Waals surface area contributed by atoms with Crippen molar-refractivity contribution in [2.24, 2.45) is 0 Å². The fourth-order valence-electron chi connectivity index (χ4n) is 4.98. The average Bonchev–Trinajstić information content (AvgIpc) is 3.14. The van der Waals surface area contributed by atoms with Crippen molar-refractivity contribution in [1.82, 2.24) is 9.97 Å². The number of aromatic nitrogens is 2. The van der Waals surface area contributed by atoms with Crippen LogP contribution in [0.3, 0.4) is 0 Å². The van der Waals surface area contributed by atoms with Crippen LogP contribution < -0.4 is 20.4 Å². The second-order valence-electron chi connectivity index (χ2n) is 8.95. The predicted molar refractivity (Wildman–Crippen MR) is 141 cm³/mol. The van der Waals surface area contributed by atoms with Crippen LogP contribution in [-0.4, -0.2) is 18.0 Å². The first-order chi connectivity index (χ1) is 16.6.